The van der Waals surface area contributed by atoms with Crippen molar-refractivity contribution in [2.75, 3.05) is 18.9 Å². The number of rotatable bonds is 8. The van der Waals surface area contributed by atoms with E-state index >= 15 is 0 Å². The van der Waals surface area contributed by atoms with Crippen molar-refractivity contribution in [3.63, 3.8) is 0 Å². The van der Waals surface area contributed by atoms with Gasteiger partial charge in [0.05, 0.1) is 0 Å². The Kier molecular flexibility index (Phi) is 7.42. The molecule has 0 aromatic heterocycles. The molecular weight excluding hydrogens is 261 g/mol. The highest BCUT2D eigenvalue weighted by Crippen LogP contribution is 2.31. The number of halogens is 1. The van der Waals surface area contributed by atoms with Gasteiger partial charge in [0.2, 0.25) is 0 Å². The van der Waals surface area contributed by atoms with Crippen LogP contribution in [0.3, 0.4) is 0 Å². The van der Waals surface area contributed by atoms with Crippen molar-refractivity contribution in [3.8, 4) is 0 Å². The fourth-order valence-corrected chi connectivity index (χ4v) is 2.94. The second-order valence-electron chi connectivity index (χ2n) is 4.93. The summed E-state index contributed by atoms with van der Waals surface area (Å²) in [4.78, 5) is 0.707. The predicted octanol–water partition coefficient (Wildman–Crippen LogP) is 3.61. The summed E-state index contributed by atoms with van der Waals surface area (Å²) in [6.45, 7) is 7.20. The van der Waals surface area contributed by atoms with Gasteiger partial charge in [-0.1, -0.05) is 26.0 Å². The maximum absolute atomic E-state index is 14.0. The van der Waals surface area contributed by atoms with Crippen molar-refractivity contribution in [2.24, 2.45) is 5.92 Å². The largest absolute Gasteiger partial charge is 0.396 e. The van der Waals surface area contributed by atoms with Gasteiger partial charge in [0.1, 0.15) is 5.82 Å². The Labute approximate surface area is 119 Å². The van der Waals surface area contributed by atoms with E-state index in [1.807, 2.05) is 13.0 Å². The molecule has 2 atom stereocenters. The summed E-state index contributed by atoms with van der Waals surface area (Å²) in [5, 5.41) is 12.4. The van der Waals surface area contributed by atoms with Crippen LogP contribution in [0.4, 0.5) is 4.39 Å². The topological polar surface area (TPSA) is 32.3 Å². The first-order chi connectivity index (χ1) is 9.10. The molecule has 4 heteroatoms. The van der Waals surface area contributed by atoms with Crippen LogP contribution in [-0.4, -0.2) is 24.0 Å². The highest BCUT2D eigenvalue weighted by molar-refractivity contribution is 7.99. The van der Waals surface area contributed by atoms with E-state index in [1.54, 1.807) is 6.07 Å². The van der Waals surface area contributed by atoms with E-state index in [-0.39, 0.29) is 24.4 Å². The Morgan fingerprint density at radius 3 is 2.74 bits per heavy atom. The summed E-state index contributed by atoms with van der Waals surface area (Å²) >= 11 is 1.49. The highest BCUT2D eigenvalue weighted by atomic mass is 32.2. The van der Waals surface area contributed by atoms with Crippen LogP contribution in [0.15, 0.2) is 23.1 Å². The molecule has 0 heterocycles. The first-order valence-electron chi connectivity index (χ1n) is 6.85. The Morgan fingerprint density at radius 2 is 2.11 bits per heavy atom. The maximum atomic E-state index is 14.0. The zero-order chi connectivity index (χ0) is 14.3. The molecule has 108 valence electrons. The van der Waals surface area contributed by atoms with Crippen molar-refractivity contribution >= 4 is 11.8 Å². The van der Waals surface area contributed by atoms with Gasteiger partial charge in [0.25, 0.3) is 0 Å². The number of nitrogens with one attached hydrogen (secondary N) is 1. The summed E-state index contributed by atoms with van der Waals surface area (Å²) in [5.74, 6) is 0.736. The molecule has 0 fully saturated rings. The zero-order valence-electron chi connectivity index (χ0n) is 11.9. The number of thioether (sulfide) groups is 1. The van der Waals surface area contributed by atoms with Crippen LogP contribution in [0.1, 0.15) is 38.8 Å². The summed E-state index contributed by atoms with van der Waals surface area (Å²) in [6.07, 6.45) is 1.06. The van der Waals surface area contributed by atoms with Crippen LogP contribution in [0.2, 0.25) is 0 Å². The fourth-order valence-electron chi connectivity index (χ4n) is 1.77. The lowest BCUT2D eigenvalue weighted by Gasteiger charge is -2.18. The van der Waals surface area contributed by atoms with Crippen LogP contribution in [0, 0.1) is 11.7 Å². The summed E-state index contributed by atoms with van der Waals surface area (Å²) < 4.78 is 14.0. The summed E-state index contributed by atoms with van der Waals surface area (Å²) in [6, 6.07) is 5.38. The van der Waals surface area contributed by atoms with E-state index in [2.05, 4.69) is 19.2 Å². The van der Waals surface area contributed by atoms with Gasteiger partial charge in [-0.05, 0) is 37.4 Å². The number of aliphatic hydroxyl groups is 1. The van der Waals surface area contributed by atoms with Crippen molar-refractivity contribution in [3.05, 3.63) is 29.6 Å². The molecule has 0 spiro atoms. The van der Waals surface area contributed by atoms with E-state index in [0.29, 0.717) is 4.90 Å². The maximum Gasteiger partial charge on any atom is 0.137 e. The summed E-state index contributed by atoms with van der Waals surface area (Å²) in [7, 11) is 0. The van der Waals surface area contributed by atoms with Crippen molar-refractivity contribution in [1.82, 2.24) is 5.32 Å². The molecule has 2 nitrogen and oxygen atoms in total. The lowest BCUT2D eigenvalue weighted by molar-refractivity contribution is 0.250. The third-order valence-electron chi connectivity index (χ3n) is 2.99. The average molecular weight is 285 g/mol. The molecule has 1 rings (SSSR count). The lowest BCUT2D eigenvalue weighted by atomic mass is 10.1. The normalized spacial score (nSPS) is 14.4. The Morgan fingerprint density at radius 1 is 1.37 bits per heavy atom. The third-order valence-corrected chi connectivity index (χ3v) is 4.44. The molecule has 0 bridgehead atoms. The van der Waals surface area contributed by atoms with Gasteiger partial charge < -0.3 is 10.4 Å². The first-order valence-corrected chi connectivity index (χ1v) is 7.84. The van der Waals surface area contributed by atoms with Gasteiger partial charge in [-0.2, -0.15) is 0 Å². The van der Waals surface area contributed by atoms with Gasteiger partial charge in [0, 0.05) is 23.3 Å². The molecule has 0 aliphatic carbocycles. The zero-order valence-corrected chi connectivity index (χ0v) is 12.8. The SMILES string of the molecule is CCCNC(C)c1cccc(F)c1SCC(C)CO. The Balaban J connectivity index is 2.82. The monoisotopic (exact) mass is 285 g/mol. The lowest BCUT2D eigenvalue weighted by Crippen LogP contribution is -2.20. The second kappa shape index (κ2) is 8.56. The minimum atomic E-state index is -0.169. The van der Waals surface area contributed by atoms with Crippen molar-refractivity contribution < 1.29 is 9.50 Å². The van der Waals surface area contributed by atoms with Crippen LogP contribution >= 0.6 is 11.8 Å². The van der Waals surface area contributed by atoms with Crippen LogP contribution < -0.4 is 5.32 Å². The number of hydrogen-bond acceptors (Lipinski definition) is 3. The van der Waals surface area contributed by atoms with Crippen LogP contribution in [-0.2, 0) is 0 Å². The summed E-state index contributed by atoms with van der Waals surface area (Å²) in [5.41, 5.74) is 1.00. The average Bonchev–Trinajstić information content (AvgIpc) is 2.42. The quantitative estimate of drug-likeness (QED) is 0.716. The molecule has 0 saturated carbocycles. The van der Waals surface area contributed by atoms with E-state index < -0.39 is 0 Å². The third kappa shape index (κ3) is 5.13. The number of hydrogen-bond donors (Lipinski definition) is 2. The van der Waals surface area contributed by atoms with E-state index in [0.717, 1.165) is 24.3 Å². The molecule has 0 aliphatic rings. The van der Waals surface area contributed by atoms with E-state index in [1.165, 1.54) is 17.8 Å². The molecule has 0 radical (unpaired) electrons. The minimum Gasteiger partial charge on any atom is -0.396 e. The van der Waals surface area contributed by atoms with Gasteiger partial charge in [-0.3, -0.25) is 0 Å². The fraction of sp³-hybridized carbons (Fsp3) is 0.600. The molecule has 2 unspecified atom stereocenters. The number of aliphatic hydroxyl groups excluding tert-OH is 1. The standard InChI is InChI=1S/C15H24FNOS/c1-4-8-17-12(3)13-6-5-7-14(16)15(13)19-10-11(2)9-18/h5-7,11-12,17-18H,4,8-10H2,1-3H3. The molecular formula is C15H24FNOS. The van der Waals surface area contributed by atoms with Crippen LogP contribution in [0.5, 0.6) is 0 Å². The molecule has 0 saturated heterocycles. The molecule has 0 amide bonds. The number of benzene rings is 1. The van der Waals surface area contributed by atoms with E-state index in [4.69, 9.17) is 5.11 Å². The second-order valence-corrected chi connectivity index (χ2v) is 5.96. The molecule has 2 N–H and O–H groups in total. The smallest absolute Gasteiger partial charge is 0.137 e. The molecule has 0 aliphatic heterocycles. The van der Waals surface area contributed by atoms with Crippen molar-refractivity contribution in [2.45, 2.75) is 38.1 Å². The van der Waals surface area contributed by atoms with Crippen LogP contribution in [0.25, 0.3) is 0 Å². The molecule has 19 heavy (non-hydrogen) atoms. The Hall–Kier alpha value is -0.580. The minimum absolute atomic E-state index is 0.139. The van der Waals surface area contributed by atoms with Gasteiger partial charge in [-0.25, -0.2) is 4.39 Å². The van der Waals surface area contributed by atoms with E-state index in [9.17, 15) is 4.39 Å². The van der Waals surface area contributed by atoms with Gasteiger partial charge in [0.15, 0.2) is 0 Å². The molecule has 1 aromatic rings. The van der Waals surface area contributed by atoms with Gasteiger partial charge >= 0.3 is 0 Å². The van der Waals surface area contributed by atoms with Gasteiger partial charge in [-0.15, -0.1) is 11.8 Å². The first kappa shape index (κ1) is 16.5. The highest BCUT2D eigenvalue weighted by Gasteiger charge is 2.15. The predicted molar refractivity (Wildman–Crippen MR) is 80.1 cm³/mol. The molecule has 1 aromatic carbocycles. The van der Waals surface area contributed by atoms with Crippen molar-refractivity contribution in [1.29, 1.82) is 0 Å². The Bertz CT molecular complexity index is 386.